The maximum Gasteiger partial charge on any atom is 0.120 e. The number of furan rings is 1. The van der Waals surface area contributed by atoms with Gasteiger partial charge in [0.2, 0.25) is 0 Å². The lowest BCUT2D eigenvalue weighted by Gasteiger charge is -2.40. The van der Waals surface area contributed by atoms with Gasteiger partial charge in [-0.1, -0.05) is 0 Å². The van der Waals surface area contributed by atoms with Crippen LogP contribution in [0.4, 0.5) is 0 Å². The fourth-order valence-corrected chi connectivity index (χ4v) is 2.01. The van der Waals surface area contributed by atoms with Gasteiger partial charge in [0, 0.05) is 13.7 Å². The monoisotopic (exact) mass is 209 g/mol. The molecule has 0 spiro atoms. The molecule has 1 heterocycles. The van der Waals surface area contributed by atoms with Crippen LogP contribution in [0.3, 0.4) is 0 Å². The van der Waals surface area contributed by atoms with E-state index in [1.807, 2.05) is 6.07 Å². The second kappa shape index (κ2) is 4.37. The van der Waals surface area contributed by atoms with Gasteiger partial charge in [-0.15, -0.1) is 0 Å². The highest BCUT2D eigenvalue weighted by atomic mass is 16.5. The topological polar surface area (TPSA) is 34.4 Å². The minimum absolute atomic E-state index is 0.0977. The third-order valence-corrected chi connectivity index (χ3v) is 3.40. The molecule has 0 atom stereocenters. The molecule has 1 aromatic heterocycles. The summed E-state index contributed by atoms with van der Waals surface area (Å²) in [5.74, 6) is 1.03. The van der Waals surface area contributed by atoms with E-state index < -0.39 is 0 Å². The number of hydrogen-bond donors (Lipinski definition) is 1. The van der Waals surface area contributed by atoms with Crippen molar-refractivity contribution in [3.05, 3.63) is 23.7 Å². The van der Waals surface area contributed by atoms with Crippen LogP contribution < -0.4 is 5.32 Å². The molecule has 1 aliphatic rings. The van der Waals surface area contributed by atoms with Gasteiger partial charge in [0.25, 0.3) is 0 Å². The fourth-order valence-electron chi connectivity index (χ4n) is 2.01. The summed E-state index contributed by atoms with van der Waals surface area (Å²) < 4.78 is 10.9. The average Bonchev–Trinajstić information content (AvgIpc) is 2.57. The van der Waals surface area contributed by atoms with E-state index in [1.165, 1.54) is 24.8 Å². The fraction of sp³-hybridized carbons (Fsp3) is 0.667. The smallest absolute Gasteiger partial charge is 0.120 e. The Morgan fingerprint density at radius 3 is 2.80 bits per heavy atom. The molecule has 3 nitrogen and oxygen atoms in total. The van der Waals surface area contributed by atoms with E-state index >= 15 is 0 Å². The standard InChI is InChI=1S/C12H19NO2/c1-10-4-7-15-11(10)8-13-9-12(14-2)5-3-6-12/h4,7,13H,3,5-6,8-9H2,1-2H3. The van der Waals surface area contributed by atoms with Crippen LogP contribution in [0.25, 0.3) is 0 Å². The number of aryl methyl sites for hydroxylation is 1. The molecule has 1 N–H and O–H groups in total. The molecule has 0 aliphatic heterocycles. The van der Waals surface area contributed by atoms with Crippen LogP contribution in [0.1, 0.15) is 30.6 Å². The van der Waals surface area contributed by atoms with Gasteiger partial charge < -0.3 is 14.5 Å². The molecule has 0 bridgehead atoms. The molecule has 0 amide bonds. The van der Waals surface area contributed by atoms with Crippen molar-refractivity contribution in [2.45, 2.75) is 38.3 Å². The highest BCUT2D eigenvalue weighted by Crippen LogP contribution is 2.34. The van der Waals surface area contributed by atoms with E-state index in [4.69, 9.17) is 9.15 Å². The van der Waals surface area contributed by atoms with Crippen LogP contribution in [0.2, 0.25) is 0 Å². The van der Waals surface area contributed by atoms with Crippen molar-refractivity contribution < 1.29 is 9.15 Å². The highest BCUT2D eigenvalue weighted by molar-refractivity contribution is 5.14. The number of ether oxygens (including phenoxy) is 1. The minimum Gasteiger partial charge on any atom is -0.468 e. The molecule has 0 unspecified atom stereocenters. The highest BCUT2D eigenvalue weighted by Gasteiger charge is 2.36. The zero-order chi connectivity index (χ0) is 10.7. The Hall–Kier alpha value is -0.800. The van der Waals surface area contributed by atoms with Gasteiger partial charge in [0.15, 0.2) is 0 Å². The number of hydrogen-bond acceptors (Lipinski definition) is 3. The lowest BCUT2D eigenvalue weighted by Crippen LogP contribution is -2.47. The second-order valence-electron chi connectivity index (χ2n) is 4.37. The third-order valence-electron chi connectivity index (χ3n) is 3.40. The molecule has 1 aliphatic carbocycles. The SMILES string of the molecule is COC1(CNCc2occc2C)CCC1. The van der Waals surface area contributed by atoms with Crippen molar-refractivity contribution in [3.8, 4) is 0 Å². The Balaban J connectivity index is 1.77. The maximum atomic E-state index is 5.53. The van der Waals surface area contributed by atoms with E-state index in [2.05, 4.69) is 12.2 Å². The van der Waals surface area contributed by atoms with Crippen LogP contribution in [-0.4, -0.2) is 19.3 Å². The van der Waals surface area contributed by atoms with Crippen molar-refractivity contribution in [1.29, 1.82) is 0 Å². The minimum atomic E-state index is 0.0977. The average molecular weight is 209 g/mol. The van der Waals surface area contributed by atoms with Gasteiger partial charge in [0.1, 0.15) is 5.76 Å². The van der Waals surface area contributed by atoms with Gasteiger partial charge in [-0.3, -0.25) is 0 Å². The molecule has 2 rings (SSSR count). The Kier molecular flexibility index (Phi) is 3.12. The summed E-state index contributed by atoms with van der Waals surface area (Å²) in [6.45, 7) is 3.78. The molecular formula is C12H19NO2. The first-order chi connectivity index (χ1) is 7.26. The first-order valence-electron chi connectivity index (χ1n) is 5.55. The molecule has 1 fully saturated rings. The molecule has 0 aromatic carbocycles. The van der Waals surface area contributed by atoms with Gasteiger partial charge in [-0.2, -0.15) is 0 Å². The number of methoxy groups -OCH3 is 1. The van der Waals surface area contributed by atoms with Gasteiger partial charge >= 0.3 is 0 Å². The predicted molar refractivity (Wildman–Crippen MR) is 58.7 cm³/mol. The van der Waals surface area contributed by atoms with E-state index in [-0.39, 0.29) is 5.60 Å². The Bertz CT molecular complexity index is 310. The number of rotatable bonds is 5. The zero-order valence-corrected chi connectivity index (χ0v) is 9.51. The van der Waals surface area contributed by atoms with Crippen molar-refractivity contribution in [2.24, 2.45) is 0 Å². The van der Waals surface area contributed by atoms with Crippen LogP contribution in [0.15, 0.2) is 16.7 Å². The van der Waals surface area contributed by atoms with E-state index in [0.29, 0.717) is 0 Å². The summed E-state index contributed by atoms with van der Waals surface area (Å²) in [5.41, 5.74) is 1.31. The summed E-state index contributed by atoms with van der Waals surface area (Å²) in [6.07, 6.45) is 5.37. The molecule has 1 saturated carbocycles. The van der Waals surface area contributed by atoms with E-state index in [1.54, 1.807) is 13.4 Å². The molecule has 15 heavy (non-hydrogen) atoms. The Morgan fingerprint density at radius 2 is 2.33 bits per heavy atom. The predicted octanol–water partition coefficient (Wildman–Crippen LogP) is 2.25. The quantitative estimate of drug-likeness (QED) is 0.807. The molecule has 84 valence electrons. The van der Waals surface area contributed by atoms with Crippen LogP contribution in [0, 0.1) is 6.92 Å². The van der Waals surface area contributed by atoms with Crippen molar-refractivity contribution in [2.75, 3.05) is 13.7 Å². The molecule has 1 aromatic rings. The Labute approximate surface area is 90.8 Å². The first-order valence-corrected chi connectivity index (χ1v) is 5.55. The summed E-state index contributed by atoms with van der Waals surface area (Å²) in [6, 6.07) is 1.99. The summed E-state index contributed by atoms with van der Waals surface area (Å²) in [7, 11) is 1.80. The van der Waals surface area contributed by atoms with Crippen LogP contribution >= 0.6 is 0 Å². The largest absolute Gasteiger partial charge is 0.468 e. The van der Waals surface area contributed by atoms with Gasteiger partial charge in [-0.05, 0) is 37.8 Å². The molecule has 3 heteroatoms. The van der Waals surface area contributed by atoms with Crippen LogP contribution in [-0.2, 0) is 11.3 Å². The molecular weight excluding hydrogens is 190 g/mol. The van der Waals surface area contributed by atoms with Crippen molar-refractivity contribution >= 4 is 0 Å². The first kappa shape index (κ1) is 10.7. The van der Waals surface area contributed by atoms with E-state index in [9.17, 15) is 0 Å². The zero-order valence-electron chi connectivity index (χ0n) is 9.51. The number of nitrogens with one attached hydrogen (secondary N) is 1. The molecule has 0 radical (unpaired) electrons. The molecule has 0 saturated heterocycles. The maximum absolute atomic E-state index is 5.53. The summed E-state index contributed by atoms with van der Waals surface area (Å²) >= 11 is 0. The van der Waals surface area contributed by atoms with Crippen molar-refractivity contribution in [3.63, 3.8) is 0 Å². The van der Waals surface area contributed by atoms with Gasteiger partial charge in [0.05, 0.1) is 18.4 Å². The van der Waals surface area contributed by atoms with Crippen molar-refractivity contribution in [1.82, 2.24) is 5.32 Å². The summed E-state index contributed by atoms with van der Waals surface area (Å²) in [4.78, 5) is 0. The lowest BCUT2D eigenvalue weighted by molar-refractivity contribution is -0.0697. The lowest BCUT2D eigenvalue weighted by atomic mass is 9.80. The third kappa shape index (κ3) is 2.24. The van der Waals surface area contributed by atoms with E-state index in [0.717, 1.165) is 18.8 Å². The van der Waals surface area contributed by atoms with Gasteiger partial charge in [-0.25, -0.2) is 0 Å². The second-order valence-corrected chi connectivity index (χ2v) is 4.37. The Morgan fingerprint density at radius 1 is 1.53 bits per heavy atom. The normalized spacial score (nSPS) is 18.8. The summed E-state index contributed by atoms with van der Waals surface area (Å²) in [5, 5.41) is 3.40. The van der Waals surface area contributed by atoms with Crippen LogP contribution in [0.5, 0.6) is 0 Å².